The van der Waals surface area contributed by atoms with Gasteiger partial charge in [-0.15, -0.1) is 13.2 Å². The van der Waals surface area contributed by atoms with Crippen molar-refractivity contribution in [3.8, 4) is 17.2 Å². The molecule has 6 rings (SSSR count). The van der Waals surface area contributed by atoms with Crippen LogP contribution in [0.5, 0.6) is 17.2 Å². The fourth-order valence-electron chi connectivity index (χ4n) is 9.78. The minimum absolute atomic E-state index is 0.108. The van der Waals surface area contributed by atoms with Crippen LogP contribution in [0.4, 0.5) is 26.3 Å². The number of carbonyl (C=O) groups is 2. The second kappa shape index (κ2) is 20.7. The summed E-state index contributed by atoms with van der Waals surface area (Å²) in [4.78, 5) is 28.6. The molecule has 15 nitrogen and oxygen atoms in total. The van der Waals surface area contributed by atoms with Crippen LogP contribution in [0.3, 0.4) is 0 Å². The lowest BCUT2D eigenvalue weighted by atomic mass is 9.76. The molecule has 2 fully saturated rings. The number of ether oxygens (including phenoxy) is 3. The fourth-order valence-corrected chi connectivity index (χ4v) is 15.8. The van der Waals surface area contributed by atoms with Crippen LogP contribution in [0, 0.1) is 11.8 Å². The van der Waals surface area contributed by atoms with Crippen molar-refractivity contribution < 1.29 is 83.8 Å². The van der Waals surface area contributed by atoms with Crippen molar-refractivity contribution >= 4 is 51.2 Å². The first-order chi connectivity index (χ1) is 33.7. The van der Waals surface area contributed by atoms with Crippen LogP contribution in [0.25, 0.3) is 0 Å². The average molecular weight is 1110 g/mol. The third-order valence-corrected chi connectivity index (χ3v) is 21.6. The zero-order valence-corrected chi connectivity index (χ0v) is 43.7. The summed E-state index contributed by atoms with van der Waals surface area (Å²) in [7, 11) is -15.2. The van der Waals surface area contributed by atoms with Gasteiger partial charge >= 0.3 is 12.5 Å². The highest BCUT2D eigenvalue weighted by atomic mass is 32.2. The van der Waals surface area contributed by atoms with Crippen molar-refractivity contribution in [2.75, 3.05) is 52.9 Å². The predicted octanol–water partition coefficient (Wildman–Crippen LogP) is 8.08. The predicted molar refractivity (Wildman–Crippen MR) is 254 cm³/mol. The maximum Gasteiger partial charge on any atom is 0.573 e. The molecule has 73 heavy (non-hydrogen) atoms. The smallest absolute Gasteiger partial charge is 0.497 e. The van der Waals surface area contributed by atoms with E-state index >= 15 is 16.8 Å². The maximum atomic E-state index is 15.2. The molecule has 400 valence electrons. The fraction of sp³-hybridized carbons (Fsp3) is 0.458. The molecule has 0 radical (unpaired) electrons. The third kappa shape index (κ3) is 11.9. The van der Waals surface area contributed by atoms with E-state index in [0.29, 0.717) is 18.2 Å². The summed E-state index contributed by atoms with van der Waals surface area (Å²) in [6, 6.07) is 14.3. The molecule has 2 heterocycles. The molecule has 2 unspecified atom stereocenters. The SMILES string of the molecule is COc1ccc(C(=O)N2CCC(C(C)(CCC(C)(C3CCN(C(=O)c4ccc(OC)cc4S(C)(=O)=O)CC3)S(=O)(=O)c3cccc(C(F)(F)F)c3)S(=O)(=O)c3cccc(OC(F)(F)F)c3)CC2)c(S(C)(=O)=O)c1. The van der Waals surface area contributed by atoms with Gasteiger partial charge in [-0.25, -0.2) is 33.7 Å². The quantitative estimate of drug-likeness (QED) is 0.0975. The number of nitrogens with zero attached hydrogens (tertiary/aromatic N) is 2. The monoisotopic (exact) mass is 1110 g/mol. The molecule has 0 aliphatic carbocycles. The Labute approximate surface area is 420 Å². The van der Waals surface area contributed by atoms with E-state index in [1.807, 2.05) is 0 Å². The molecule has 2 atom stereocenters. The minimum Gasteiger partial charge on any atom is -0.497 e. The number of amides is 2. The van der Waals surface area contributed by atoms with Crippen LogP contribution < -0.4 is 14.2 Å². The van der Waals surface area contributed by atoms with E-state index in [1.165, 1.54) is 74.3 Å². The first-order valence-corrected chi connectivity index (χ1v) is 29.3. The lowest BCUT2D eigenvalue weighted by molar-refractivity contribution is -0.274. The van der Waals surface area contributed by atoms with E-state index < -0.39 is 119 Å². The molecule has 2 aliphatic heterocycles. The summed E-state index contributed by atoms with van der Waals surface area (Å²) in [5.74, 6) is -3.99. The van der Waals surface area contributed by atoms with Gasteiger partial charge in [0.2, 0.25) is 0 Å². The molecule has 4 aromatic carbocycles. The topological polar surface area (TPSA) is 205 Å². The average Bonchev–Trinajstić information content (AvgIpc) is 3.33. The Morgan fingerprint density at radius 2 is 0.932 bits per heavy atom. The highest BCUT2D eigenvalue weighted by Gasteiger charge is 2.54. The number of carbonyl (C=O) groups excluding carboxylic acids is 2. The van der Waals surface area contributed by atoms with Crippen molar-refractivity contribution in [1.82, 2.24) is 9.80 Å². The van der Waals surface area contributed by atoms with Gasteiger partial charge in [-0.1, -0.05) is 12.1 Å². The lowest BCUT2D eigenvalue weighted by Crippen LogP contribution is -2.53. The summed E-state index contributed by atoms with van der Waals surface area (Å²) in [5, 5.41) is 0. The number of rotatable bonds is 16. The minimum atomic E-state index is -5.23. The van der Waals surface area contributed by atoms with Gasteiger partial charge in [-0.2, -0.15) is 13.2 Å². The number of piperidine rings is 2. The van der Waals surface area contributed by atoms with E-state index in [1.54, 1.807) is 0 Å². The second-order valence-corrected chi connectivity index (χ2v) is 27.4. The van der Waals surface area contributed by atoms with Crippen molar-refractivity contribution in [2.45, 2.75) is 94.0 Å². The molecule has 0 saturated carbocycles. The Morgan fingerprint density at radius 1 is 0.548 bits per heavy atom. The highest BCUT2D eigenvalue weighted by molar-refractivity contribution is 7.93. The van der Waals surface area contributed by atoms with Gasteiger partial charge in [-0.05, 0) is 137 Å². The molecule has 4 aromatic rings. The molecule has 0 bridgehead atoms. The summed E-state index contributed by atoms with van der Waals surface area (Å²) in [6.45, 7) is 1.90. The second-order valence-electron chi connectivity index (χ2n) is 18.6. The van der Waals surface area contributed by atoms with Crippen LogP contribution in [-0.2, 0) is 45.5 Å². The van der Waals surface area contributed by atoms with Gasteiger partial charge < -0.3 is 24.0 Å². The number of alkyl halides is 6. The Hall–Kier alpha value is -5.40. The van der Waals surface area contributed by atoms with E-state index in [-0.39, 0.29) is 84.3 Å². The lowest BCUT2D eigenvalue weighted by Gasteiger charge is -2.46. The first-order valence-electron chi connectivity index (χ1n) is 22.5. The van der Waals surface area contributed by atoms with E-state index in [4.69, 9.17) is 9.47 Å². The van der Waals surface area contributed by atoms with E-state index in [9.17, 15) is 52.8 Å². The van der Waals surface area contributed by atoms with Crippen molar-refractivity contribution in [2.24, 2.45) is 11.8 Å². The molecule has 0 aromatic heterocycles. The molecule has 0 spiro atoms. The maximum absolute atomic E-state index is 15.2. The zero-order chi connectivity index (χ0) is 54.3. The van der Waals surface area contributed by atoms with Crippen molar-refractivity contribution in [3.05, 3.63) is 102 Å². The van der Waals surface area contributed by atoms with E-state index in [0.717, 1.165) is 42.8 Å². The Morgan fingerprint density at radius 3 is 1.29 bits per heavy atom. The molecular weight excluding hydrogens is 1050 g/mol. The van der Waals surface area contributed by atoms with Crippen LogP contribution in [-0.4, -0.2) is 124 Å². The summed E-state index contributed by atoms with van der Waals surface area (Å²) >= 11 is 0. The zero-order valence-electron chi connectivity index (χ0n) is 40.4. The van der Waals surface area contributed by atoms with Gasteiger partial charge in [-0.3, -0.25) is 9.59 Å². The molecule has 2 amide bonds. The van der Waals surface area contributed by atoms with Crippen LogP contribution in [0.1, 0.15) is 78.7 Å². The largest absolute Gasteiger partial charge is 0.573 e. The number of benzene rings is 4. The van der Waals surface area contributed by atoms with Gasteiger partial charge in [0.25, 0.3) is 11.8 Å². The van der Waals surface area contributed by atoms with Gasteiger partial charge in [0.1, 0.15) is 17.2 Å². The number of hydrogen-bond acceptors (Lipinski definition) is 13. The standard InChI is InChI=1S/C48H54F6N2O13S4/c1-45(72(63,64)37-11-7-9-33(27-37)47(49,50)51,31-17-23-55(24-18-31)43(57)39-15-13-34(67-3)29-41(39)70(5,59)60)21-22-46(2,73(65,66)38-12-8-10-36(28-38)69-48(52,53)54)32-19-25-56(26-20-32)44(58)40-16-14-35(68-4)30-42(40)71(6,61)62/h7-16,27-32H,17-26H2,1-6H3. The highest BCUT2D eigenvalue weighted by Crippen LogP contribution is 2.49. The Kier molecular flexibility index (Phi) is 16.1. The van der Waals surface area contributed by atoms with Crippen molar-refractivity contribution in [1.29, 1.82) is 0 Å². The Bertz CT molecular complexity index is 3210. The molecule has 2 aliphatic rings. The first kappa shape index (κ1) is 56.9. The van der Waals surface area contributed by atoms with Crippen LogP contribution >= 0.6 is 0 Å². The number of methoxy groups -OCH3 is 2. The van der Waals surface area contributed by atoms with Crippen LogP contribution in [0.2, 0.25) is 0 Å². The Balaban J connectivity index is 1.41. The van der Waals surface area contributed by atoms with Crippen molar-refractivity contribution in [3.63, 3.8) is 0 Å². The normalized spacial score (nSPS) is 17.6. The summed E-state index contributed by atoms with van der Waals surface area (Å²) in [6.07, 6.45) is -9.99. The number of sulfone groups is 4. The summed E-state index contributed by atoms with van der Waals surface area (Å²) in [5.41, 5.74) is -1.67. The van der Waals surface area contributed by atoms with E-state index in [2.05, 4.69) is 4.74 Å². The van der Waals surface area contributed by atoms with Gasteiger partial charge in [0.05, 0.1) is 60.0 Å². The van der Waals surface area contributed by atoms with Gasteiger partial charge in [0, 0.05) is 38.7 Å². The van der Waals surface area contributed by atoms with Crippen LogP contribution in [0.15, 0.2) is 105 Å². The molecular formula is C48H54F6N2O13S4. The summed E-state index contributed by atoms with van der Waals surface area (Å²) < 4.78 is 205. The molecule has 25 heteroatoms. The van der Waals surface area contributed by atoms with Gasteiger partial charge in [0.15, 0.2) is 39.3 Å². The number of halogens is 6. The third-order valence-electron chi connectivity index (χ3n) is 14.1. The molecule has 0 N–H and O–H groups in total. The molecule has 2 saturated heterocycles. The number of hydrogen-bond donors (Lipinski definition) is 0. The number of likely N-dealkylation sites (tertiary alicyclic amines) is 2.